The van der Waals surface area contributed by atoms with E-state index < -0.39 is 0 Å². The summed E-state index contributed by atoms with van der Waals surface area (Å²) in [6.45, 7) is 6.44. The maximum absolute atomic E-state index is 13.3. The van der Waals surface area contributed by atoms with E-state index in [1.54, 1.807) is 11.0 Å². The number of thioether (sulfide) groups is 1. The lowest BCUT2D eigenvalue weighted by atomic mass is 10.0. The topological polar surface area (TPSA) is 81.7 Å². The van der Waals surface area contributed by atoms with Crippen LogP contribution in [-0.4, -0.2) is 82.1 Å². The fourth-order valence-electron chi connectivity index (χ4n) is 5.31. The molecule has 8 nitrogen and oxygen atoms in total. The predicted octanol–water partition coefficient (Wildman–Crippen LogP) is 4.49. The van der Waals surface area contributed by atoms with E-state index in [0.717, 1.165) is 32.5 Å². The van der Waals surface area contributed by atoms with Crippen LogP contribution in [0, 0.1) is 5.82 Å². The minimum absolute atomic E-state index is 0.0387. The van der Waals surface area contributed by atoms with E-state index in [4.69, 9.17) is 11.6 Å². The summed E-state index contributed by atoms with van der Waals surface area (Å²) in [5, 5.41) is 3.91. The molecular formula is C30H34ClFN6O2S. The molecule has 2 fully saturated rings. The van der Waals surface area contributed by atoms with Crippen molar-refractivity contribution in [2.24, 2.45) is 0 Å². The number of benzene rings is 2. The lowest BCUT2D eigenvalue weighted by molar-refractivity contribution is -0.119. The van der Waals surface area contributed by atoms with Crippen LogP contribution in [0.15, 0.2) is 65.8 Å². The fourth-order valence-corrected chi connectivity index (χ4v) is 6.21. The van der Waals surface area contributed by atoms with E-state index in [1.165, 1.54) is 41.6 Å². The third-order valence-corrected chi connectivity index (χ3v) is 8.54. The Hall–Kier alpha value is -3.21. The first kappa shape index (κ1) is 29.3. The molecule has 216 valence electrons. The molecule has 0 saturated carbocycles. The molecule has 2 aliphatic heterocycles. The van der Waals surface area contributed by atoms with Crippen LogP contribution in [0.4, 0.5) is 10.2 Å². The van der Waals surface area contributed by atoms with Gasteiger partial charge >= 0.3 is 0 Å². The minimum atomic E-state index is -0.369. The number of anilines is 1. The lowest BCUT2D eigenvalue weighted by Crippen LogP contribution is -2.54. The summed E-state index contributed by atoms with van der Waals surface area (Å²) < 4.78 is 13.3. The van der Waals surface area contributed by atoms with E-state index in [-0.39, 0.29) is 35.5 Å². The molecule has 0 aliphatic carbocycles. The Bertz CT molecular complexity index is 1340. The number of hydrogen-bond acceptors (Lipinski definition) is 7. The zero-order valence-corrected chi connectivity index (χ0v) is 24.6. The number of carbonyl (C=O) groups excluding carboxylic acids is 2. The summed E-state index contributed by atoms with van der Waals surface area (Å²) in [6.07, 6.45) is 1.85. The first-order chi connectivity index (χ1) is 19.8. The highest BCUT2D eigenvalue weighted by Gasteiger charge is 2.29. The molecule has 1 N–H and O–H groups in total. The number of aromatic nitrogens is 2. The molecule has 0 radical (unpaired) electrons. The maximum atomic E-state index is 13.3. The van der Waals surface area contributed by atoms with Crippen molar-refractivity contribution in [2.45, 2.75) is 43.6 Å². The van der Waals surface area contributed by atoms with Crippen LogP contribution in [0.1, 0.15) is 35.7 Å². The van der Waals surface area contributed by atoms with Gasteiger partial charge in [-0.25, -0.2) is 14.4 Å². The largest absolute Gasteiger partial charge is 0.353 e. The fraction of sp³-hybridized carbons (Fsp3) is 0.400. The van der Waals surface area contributed by atoms with Crippen molar-refractivity contribution in [1.82, 2.24) is 25.1 Å². The number of nitrogens with one attached hydrogen (secondary N) is 1. The summed E-state index contributed by atoms with van der Waals surface area (Å²) in [4.78, 5) is 40.9. The van der Waals surface area contributed by atoms with Crippen molar-refractivity contribution in [2.75, 3.05) is 43.4 Å². The second-order valence-electron chi connectivity index (χ2n) is 10.5. The van der Waals surface area contributed by atoms with Crippen molar-refractivity contribution in [1.29, 1.82) is 0 Å². The molecule has 2 aliphatic rings. The average molecular weight is 597 g/mol. The third kappa shape index (κ3) is 7.96. The normalized spacial score (nSPS) is 18.4. The van der Waals surface area contributed by atoms with Crippen LogP contribution in [0.5, 0.6) is 0 Å². The lowest BCUT2D eigenvalue weighted by Gasteiger charge is -2.40. The molecule has 2 saturated heterocycles. The molecule has 1 atom stereocenters. The number of piperidine rings is 1. The van der Waals surface area contributed by atoms with Crippen LogP contribution in [-0.2, 0) is 11.3 Å². The van der Waals surface area contributed by atoms with Crippen molar-refractivity contribution >= 4 is 41.0 Å². The van der Waals surface area contributed by atoms with Gasteiger partial charge in [-0.3, -0.25) is 14.5 Å². The number of hydrogen-bond donors (Lipinski definition) is 1. The van der Waals surface area contributed by atoms with Crippen LogP contribution >= 0.6 is 23.4 Å². The number of nitrogens with zero attached hydrogens (tertiary/aromatic N) is 5. The second kappa shape index (κ2) is 13.6. The molecule has 41 heavy (non-hydrogen) atoms. The number of carbonyl (C=O) groups is 2. The summed E-state index contributed by atoms with van der Waals surface area (Å²) in [5.74, 6) is 0.344. The minimum Gasteiger partial charge on any atom is -0.353 e. The Morgan fingerprint density at radius 1 is 1.02 bits per heavy atom. The van der Waals surface area contributed by atoms with Gasteiger partial charge in [-0.15, -0.1) is 0 Å². The Balaban J connectivity index is 1.09. The Morgan fingerprint density at radius 2 is 1.76 bits per heavy atom. The molecule has 3 heterocycles. The summed E-state index contributed by atoms with van der Waals surface area (Å²) >= 11 is 7.59. The molecule has 2 amide bonds. The summed E-state index contributed by atoms with van der Waals surface area (Å²) in [6, 6.07) is 17.8. The first-order valence-electron chi connectivity index (χ1n) is 13.9. The van der Waals surface area contributed by atoms with E-state index >= 15 is 0 Å². The smallest absolute Gasteiger partial charge is 0.254 e. The highest BCUT2D eigenvalue weighted by atomic mass is 35.5. The summed E-state index contributed by atoms with van der Waals surface area (Å²) in [5.41, 5.74) is 1.77. The third-order valence-electron chi connectivity index (χ3n) is 7.50. The molecule has 11 heteroatoms. The molecule has 0 bridgehead atoms. The molecule has 1 unspecified atom stereocenters. The number of likely N-dealkylation sites (tertiary alicyclic amines) is 1. The van der Waals surface area contributed by atoms with Gasteiger partial charge in [0.1, 0.15) is 16.8 Å². The standard InChI is InChI=1S/C30H34ClFN6O2S/c1-21-18-37(15-16-38(21)29(40)23-7-9-24(32)10-8-23)27-17-26(31)34-30(35-27)41-20-28(39)33-25-11-13-36(14-12-25)19-22-5-3-2-4-6-22/h2-10,17,21,25H,11-16,18-20H2,1H3,(H,33,39). The molecule has 1 aromatic heterocycles. The number of amides is 2. The highest BCUT2D eigenvalue weighted by molar-refractivity contribution is 7.99. The van der Waals surface area contributed by atoms with Crippen LogP contribution in [0.3, 0.4) is 0 Å². The van der Waals surface area contributed by atoms with Crippen molar-refractivity contribution < 1.29 is 14.0 Å². The van der Waals surface area contributed by atoms with Gasteiger partial charge in [-0.1, -0.05) is 53.7 Å². The molecule has 3 aromatic rings. The van der Waals surface area contributed by atoms with Crippen LogP contribution < -0.4 is 10.2 Å². The number of rotatable bonds is 8. The van der Waals surface area contributed by atoms with Crippen molar-refractivity contribution in [3.8, 4) is 0 Å². The zero-order valence-electron chi connectivity index (χ0n) is 23.0. The average Bonchev–Trinajstić information content (AvgIpc) is 2.97. The molecule has 2 aromatic carbocycles. The van der Waals surface area contributed by atoms with Gasteiger partial charge in [0.15, 0.2) is 5.16 Å². The number of piperazine rings is 1. The van der Waals surface area contributed by atoms with Gasteiger partial charge in [-0.05, 0) is 49.6 Å². The Morgan fingerprint density at radius 3 is 2.46 bits per heavy atom. The Labute approximate surface area is 249 Å². The second-order valence-corrected chi connectivity index (χ2v) is 11.9. The molecular weight excluding hydrogens is 563 g/mol. The van der Waals surface area contributed by atoms with Gasteiger partial charge in [0, 0.05) is 63.0 Å². The molecule has 5 rings (SSSR count). The van der Waals surface area contributed by atoms with E-state index in [9.17, 15) is 14.0 Å². The van der Waals surface area contributed by atoms with E-state index in [0.29, 0.717) is 41.3 Å². The first-order valence-corrected chi connectivity index (χ1v) is 15.2. The quantitative estimate of drug-likeness (QED) is 0.233. The van der Waals surface area contributed by atoms with Crippen molar-refractivity contribution in [3.05, 3.63) is 82.8 Å². The highest BCUT2D eigenvalue weighted by Crippen LogP contribution is 2.25. The van der Waals surface area contributed by atoms with E-state index in [2.05, 4.69) is 49.4 Å². The van der Waals surface area contributed by atoms with Gasteiger partial charge in [0.2, 0.25) is 5.91 Å². The summed E-state index contributed by atoms with van der Waals surface area (Å²) in [7, 11) is 0. The van der Waals surface area contributed by atoms with Gasteiger partial charge in [0.05, 0.1) is 5.75 Å². The van der Waals surface area contributed by atoms with Gasteiger partial charge in [-0.2, -0.15) is 0 Å². The monoisotopic (exact) mass is 596 g/mol. The Kier molecular flexibility index (Phi) is 9.74. The predicted molar refractivity (Wildman–Crippen MR) is 160 cm³/mol. The van der Waals surface area contributed by atoms with Crippen LogP contribution in [0.25, 0.3) is 0 Å². The SMILES string of the molecule is CC1CN(c2cc(Cl)nc(SCC(=O)NC3CCN(Cc4ccccc4)CC3)n2)CCN1C(=O)c1ccc(F)cc1. The zero-order chi connectivity index (χ0) is 28.8. The molecule has 0 spiro atoms. The van der Waals surface area contributed by atoms with Crippen molar-refractivity contribution in [3.63, 3.8) is 0 Å². The number of halogens is 2. The van der Waals surface area contributed by atoms with Gasteiger partial charge in [0.25, 0.3) is 5.91 Å². The van der Waals surface area contributed by atoms with Crippen LogP contribution in [0.2, 0.25) is 5.15 Å². The van der Waals surface area contributed by atoms with E-state index in [1.807, 2.05) is 13.0 Å². The maximum Gasteiger partial charge on any atom is 0.254 e. The van der Waals surface area contributed by atoms with Gasteiger partial charge < -0.3 is 15.1 Å².